The summed E-state index contributed by atoms with van der Waals surface area (Å²) in [6.45, 7) is 2.24. The van der Waals surface area contributed by atoms with Gasteiger partial charge in [0.2, 0.25) is 0 Å². The van der Waals surface area contributed by atoms with E-state index in [9.17, 15) is 4.79 Å². The van der Waals surface area contributed by atoms with Gasteiger partial charge in [-0.15, -0.1) is 0 Å². The Hall–Kier alpha value is -1.51. The van der Waals surface area contributed by atoms with Crippen molar-refractivity contribution in [3.8, 4) is 0 Å². The van der Waals surface area contributed by atoms with Gasteiger partial charge in [0.25, 0.3) is 0 Å². The minimum Gasteiger partial charge on any atom is -0.478 e. The smallest absolute Gasteiger partial charge is 0.337 e. The third-order valence-corrected chi connectivity index (χ3v) is 3.98. The second kappa shape index (κ2) is 10.3. The highest BCUT2D eigenvalue weighted by molar-refractivity contribution is 5.94. The first-order valence-corrected chi connectivity index (χ1v) is 8.27. The number of aromatic carboxylic acids is 1. The summed E-state index contributed by atoms with van der Waals surface area (Å²) in [5.41, 5.74) is 7.54. The summed E-state index contributed by atoms with van der Waals surface area (Å²) in [6.07, 6.45) is 12.5. The monoisotopic (exact) mass is 291 g/mol. The normalized spacial score (nSPS) is 10.7. The minimum atomic E-state index is -0.943. The second-order valence-electron chi connectivity index (χ2n) is 5.76. The highest BCUT2D eigenvalue weighted by Gasteiger charge is 2.10. The SMILES string of the molecule is CCCCCCCCCCCc1cccc(C(=O)O)c1N. The van der Waals surface area contributed by atoms with Crippen LogP contribution in [0, 0.1) is 0 Å². The average molecular weight is 291 g/mol. The molecule has 0 amide bonds. The summed E-state index contributed by atoms with van der Waals surface area (Å²) in [6, 6.07) is 5.28. The molecular formula is C18H29NO2. The van der Waals surface area contributed by atoms with Gasteiger partial charge in [-0.25, -0.2) is 4.79 Å². The Bertz CT molecular complexity index is 429. The molecule has 0 aliphatic heterocycles. The molecule has 0 radical (unpaired) electrons. The standard InChI is InChI=1S/C18H29NO2/c1-2-3-4-5-6-7-8-9-10-12-15-13-11-14-16(17(15)19)18(20)21/h11,13-14H,2-10,12,19H2,1H3,(H,20,21). The molecule has 3 heteroatoms. The van der Waals surface area contributed by atoms with Gasteiger partial charge in [-0.1, -0.05) is 70.4 Å². The van der Waals surface area contributed by atoms with Gasteiger partial charge >= 0.3 is 5.97 Å². The van der Waals surface area contributed by atoms with Crippen molar-refractivity contribution in [1.29, 1.82) is 0 Å². The zero-order chi connectivity index (χ0) is 15.5. The lowest BCUT2D eigenvalue weighted by Gasteiger charge is -2.08. The molecule has 0 saturated heterocycles. The fourth-order valence-corrected chi connectivity index (χ4v) is 2.64. The van der Waals surface area contributed by atoms with Gasteiger partial charge in [0.1, 0.15) is 0 Å². The Labute approximate surface area is 128 Å². The molecule has 0 fully saturated rings. The van der Waals surface area contributed by atoms with Crippen molar-refractivity contribution in [3.05, 3.63) is 29.3 Å². The van der Waals surface area contributed by atoms with Gasteiger partial charge in [0.15, 0.2) is 0 Å². The number of hydrogen-bond acceptors (Lipinski definition) is 2. The lowest BCUT2D eigenvalue weighted by Crippen LogP contribution is -2.05. The van der Waals surface area contributed by atoms with Crippen LogP contribution in [0.2, 0.25) is 0 Å². The molecule has 1 aromatic carbocycles. The van der Waals surface area contributed by atoms with Crippen molar-refractivity contribution < 1.29 is 9.90 Å². The van der Waals surface area contributed by atoms with E-state index >= 15 is 0 Å². The Morgan fingerprint density at radius 3 is 2.14 bits per heavy atom. The summed E-state index contributed by atoms with van der Waals surface area (Å²) >= 11 is 0. The molecular weight excluding hydrogens is 262 g/mol. The van der Waals surface area contributed by atoms with Crippen LogP contribution >= 0.6 is 0 Å². The molecule has 0 aromatic heterocycles. The van der Waals surface area contributed by atoms with Crippen LogP contribution in [0.5, 0.6) is 0 Å². The first-order valence-electron chi connectivity index (χ1n) is 8.27. The number of carboxylic acids is 1. The molecule has 3 nitrogen and oxygen atoms in total. The van der Waals surface area contributed by atoms with E-state index in [1.54, 1.807) is 12.1 Å². The fourth-order valence-electron chi connectivity index (χ4n) is 2.64. The van der Waals surface area contributed by atoms with Gasteiger partial charge < -0.3 is 10.8 Å². The van der Waals surface area contributed by atoms with Crippen LogP contribution < -0.4 is 5.73 Å². The van der Waals surface area contributed by atoms with Crippen molar-refractivity contribution in [2.45, 2.75) is 71.1 Å². The van der Waals surface area contributed by atoms with E-state index in [-0.39, 0.29) is 5.56 Å². The third kappa shape index (κ3) is 6.65. The highest BCUT2D eigenvalue weighted by atomic mass is 16.4. The van der Waals surface area contributed by atoms with E-state index in [1.165, 1.54) is 51.4 Å². The molecule has 0 unspecified atom stereocenters. The number of para-hydroxylation sites is 1. The Morgan fingerprint density at radius 2 is 1.57 bits per heavy atom. The summed E-state index contributed by atoms with van der Waals surface area (Å²) in [4.78, 5) is 11.0. The molecule has 1 aromatic rings. The average Bonchev–Trinajstić information content (AvgIpc) is 2.46. The van der Waals surface area contributed by atoms with Gasteiger partial charge in [-0.05, 0) is 24.5 Å². The molecule has 21 heavy (non-hydrogen) atoms. The number of aryl methyl sites for hydroxylation is 1. The third-order valence-electron chi connectivity index (χ3n) is 3.98. The molecule has 0 saturated carbocycles. The van der Waals surface area contributed by atoms with Crippen molar-refractivity contribution in [3.63, 3.8) is 0 Å². The van der Waals surface area contributed by atoms with Crippen LogP contribution in [-0.2, 0) is 6.42 Å². The lowest BCUT2D eigenvalue weighted by atomic mass is 10.0. The van der Waals surface area contributed by atoms with Crippen LogP contribution in [-0.4, -0.2) is 11.1 Å². The van der Waals surface area contributed by atoms with Gasteiger partial charge in [-0.2, -0.15) is 0 Å². The summed E-state index contributed by atoms with van der Waals surface area (Å²) < 4.78 is 0. The van der Waals surface area contributed by atoms with E-state index in [2.05, 4.69) is 6.92 Å². The van der Waals surface area contributed by atoms with Gasteiger partial charge in [0, 0.05) is 5.69 Å². The van der Waals surface area contributed by atoms with E-state index in [0.717, 1.165) is 18.4 Å². The van der Waals surface area contributed by atoms with Crippen LogP contribution in [0.25, 0.3) is 0 Å². The number of carbonyl (C=O) groups is 1. The van der Waals surface area contributed by atoms with E-state index in [1.807, 2.05) is 6.07 Å². The maximum absolute atomic E-state index is 11.0. The number of nitrogen functional groups attached to an aromatic ring is 1. The first kappa shape index (κ1) is 17.5. The van der Waals surface area contributed by atoms with Crippen molar-refractivity contribution in [2.24, 2.45) is 0 Å². The van der Waals surface area contributed by atoms with Crippen LogP contribution in [0.4, 0.5) is 5.69 Å². The zero-order valence-corrected chi connectivity index (χ0v) is 13.2. The molecule has 0 spiro atoms. The number of nitrogens with two attached hydrogens (primary N) is 1. The molecule has 0 bridgehead atoms. The molecule has 1 rings (SSSR count). The summed E-state index contributed by atoms with van der Waals surface area (Å²) in [5.74, 6) is -0.943. The van der Waals surface area contributed by atoms with Crippen LogP contribution in [0.1, 0.15) is 80.6 Å². The van der Waals surface area contributed by atoms with Crippen LogP contribution in [0.3, 0.4) is 0 Å². The molecule has 118 valence electrons. The largest absolute Gasteiger partial charge is 0.478 e. The summed E-state index contributed by atoms with van der Waals surface area (Å²) in [5, 5.41) is 9.04. The van der Waals surface area contributed by atoms with Crippen LogP contribution in [0.15, 0.2) is 18.2 Å². The zero-order valence-electron chi connectivity index (χ0n) is 13.2. The molecule has 0 atom stereocenters. The number of rotatable bonds is 11. The lowest BCUT2D eigenvalue weighted by molar-refractivity contribution is 0.0698. The van der Waals surface area contributed by atoms with Gasteiger partial charge in [0.05, 0.1) is 5.56 Å². The predicted octanol–water partition coefficient (Wildman–Crippen LogP) is 5.04. The quantitative estimate of drug-likeness (QED) is 0.443. The predicted molar refractivity (Wildman–Crippen MR) is 88.7 cm³/mol. The molecule has 0 aliphatic carbocycles. The Kier molecular flexibility index (Phi) is 8.56. The van der Waals surface area contributed by atoms with Crippen molar-refractivity contribution >= 4 is 11.7 Å². The summed E-state index contributed by atoms with van der Waals surface area (Å²) in [7, 11) is 0. The van der Waals surface area contributed by atoms with E-state index < -0.39 is 5.97 Å². The van der Waals surface area contributed by atoms with E-state index in [0.29, 0.717) is 5.69 Å². The number of unbranched alkanes of at least 4 members (excludes halogenated alkanes) is 8. The molecule has 3 N–H and O–H groups in total. The highest BCUT2D eigenvalue weighted by Crippen LogP contribution is 2.20. The molecule has 0 heterocycles. The van der Waals surface area contributed by atoms with Crippen molar-refractivity contribution in [2.75, 3.05) is 5.73 Å². The first-order chi connectivity index (χ1) is 10.2. The minimum absolute atomic E-state index is 0.225. The Balaban J connectivity index is 2.19. The topological polar surface area (TPSA) is 63.3 Å². The Morgan fingerprint density at radius 1 is 1.00 bits per heavy atom. The number of hydrogen-bond donors (Lipinski definition) is 2. The maximum Gasteiger partial charge on any atom is 0.337 e. The van der Waals surface area contributed by atoms with Crippen molar-refractivity contribution in [1.82, 2.24) is 0 Å². The number of benzene rings is 1. The molecule has 0 aliphatic rings. The fraction of sp³-hybridized carbons (Fsp3) is 0.611. The maximum atomic E-state index is 11.0. The number of anilines is 1. The van der Waals surface area contributed by atoms with Gasteiger partial charge in [-0.3, -0.25) is 0 Å². The van der Waals surface area contributed by atoms with E-state index in [4.69, 9.17) is 10.8 Å². The second-order valence-corrected chi connectivity index (χ2v) is 5.76. The number of carboxylic acid groups (broad SMARTS) is 1.